The van der Waals surface area contributed by atoms with Crippen LogP contribution in [0.2, 0.25) is 0 Å². The van der Waals surface area contributed by atoms with Gasteiger partial charge in [0.1, 0.15) is 16.4 Å². The fourth-order valence-electron chi connectivity index (χ4n) is 4.69. The predicted octanol–water partition coefficient (Wildman–Crippen LogP) is 5.35. The van der Waals surface area contributed by atoms with E-state index in [4.69, 9.17) is 4.98 Å². The summed E-state index contributed by atoms with van der Waals surface area (Å²) < 4.78 is 0. The van der Waals surface area contributed by atoms with Crippen LogP contribution >= 0.6 is 11.3 Å². The van der Waals surface area contributed by atoms with Crippen LogP contribution in [0.25, 0.3) is 21.3 Å². The number of aryl methyl sites for hydroxylation is 2. The second-order valence-electron chi connectivity index (χ2n) is 8.73. The standard InChI is InChI=1S/C26H27N3O2S/c1-16-3-5-20(6-4-16)23-17(2)32-26-24(23)25(31)27-22(28-26)15-29-13-11-19(12-14-29)18-7-9-21(30)10-8-18/h3-10,19,30H,11-15H2,1-2H3,(H,27,28,31). The molecular formula is C26H27N3O2S. The average Bonchev–Trinajstić information content (AvgIpc) is 3.12. The molecule has 0 aliphatic carbocycles. The van der Waals surface area contributed by atoms with Crippen molar-refractivity contribution in [3.05, 3.63) is 80.7 Å². The summed E-state index contributed by atoms with van der Waals surface area (Å²) in [5.41, 5.74) is 4.50. The zero-order chi connectivity index (χ0) is 22.2. The molecule has 2 aromatic heterocycles. The van der Waals surface area contributed by atoms with Gasteiger partial charge in [0.2, 0.25) is 0 Å². The number of phenolic OH excluding ortho intramolecular Hbond substituents is 1. The van der Waals surface area contributed by atoms with Crippen LogP contribution in [0.1, 0.15) is 40.6 Å². The molecule has 0 atom stereocenters. The molecule has 164 valence electrons. The van der Waals surface area contributed by atoms with Crippen LogP contribution in [0.4, 0.5) is 0 Å². The molecule has 1 aliphatic rings. The van der Waals surface area contributed by atoms with Crippen LogP contribution in [0, 0.1) is 13.8 Å². The molecule has 5 nitrogen and oxygen atoms in total. The third kappa shape index (κ3) is 4.08. The Morgan fingerprint density at radius 1 is 1.06 bits per heavy atom. The Morgan fingerprint density at radius 3 is 2.44 bits per heavy atom. The zero-order valence-electron chi connectivity index (χ0n) is 18.4. The Bertz CT molecular complexity index is 1300. The summed E-state index contributed by atoms with van der Waals surface area (Å²) in [4.78, 5) is 25.2. The number of nitrogens with one attached hydrogen (secondary N) is 1. The van der Waals surface area contributed by atoms with E-state index in [2.05, 4.69) is 48.0 Å². The number of hydrogen-bond acceptors (Lipinski definition) is 5. The van der Waals surface area contributed by atoms with Gasteiger partial charge in [0.15, 0.2) is 0 Å². The van der Waals surface area contributed by atoms with Crippen molar-refractivity contribution in [1.82, 2.24) is 14.9 Å². The van der Waals surface area contributed by atoms with Gasteiger partial charge in [-0.15, -0.1) is 11.3 Å². The summed E-state index contributed by atoms with van der Waals surface area (Å²) in [5, 5.41) is 10.2. The maximum Gasteiger partial charge on any atom is 0.260 e. The first-order valence-corrected chi connectivity index (χ1v) is 11.9. The number of aromatic nitrogens is 2. The average molecular weight is 446 g/mol. The summed E-state index contributed by atoms with van der Waals surface area (Å²) in [5.74, 6) is 1.56. The lowest BCUT2D eigenvalue weighted by atomic mass is 9.89. The molecule has 1 aliphatic heterocycles. The lowest BCUT2D eigenvalue weighted by Crippen LogP contribution is -2.33. The highest BCUT2D eigenvalue weighted by molar-refractivity contribution is 7.19. The number of thiophene rings is 1. The summed E-state index contributed by atoms with van der Waals surface area (Å²) in [6.07, 6.45) is 2.12. The minimum absolute atomic E-state index is 0.0519. The summed E-state index contributed by atoms with van der Waals surface area (Å²) in [7, 11) is 0. The smallest absolute Gasteiger partial charge is 0.260 e. The highest BCUT2D eigenvalue weighted by Crippen LogP contribution is 2.36. The minimum Gasteiger partial charge on any atom is -0.508 e. The summed E-state index contributed by atoms with van der Waals surface area (Å²) >= 11 is 1.60. The van der Waals surface area contributed by atoms with Gasteiger partial charge < -0.3 is 10.1 Å². The molecule has 2 aromatic carbocycles. The molecule has 0 radical (unpaired) electrons. The van der Waals surface area contributed by atoms with Crippen molar-refractivity contribution >= 4 is 21.6 Å². The first-order valence-electron chi connectivity index (χ1n) is 11.1. The number of piperidine rings is 1. The van der Waals surface area contributed by atoms with Crippen LogP contribution in [0.3, 0.4) is 0 Å². The molecule has 2 N–H and O–H groups in total. The second-order valence-corrected chi connectivity index (χ2v) is 9.94. The Hall–Kier alpha value is -2.96. The molecule has 4 aromatic rings. The lowest BCUT2D eigenvalue weighted by molar-refractivity contribution is 0.200. The quantitative estimate of drug-likeness (QED) is 0.444. The predicted molar refractivity (Wildman–Crippen MR) is 131 cm³/mol. The third-order valence-electron chi connectivity index (χ3n) is 6.45. The molecule has 1 saturated heterocycles. The molecule has 5 rings (SSSR count). The van der Waals surface area contributed by atoms with Gasteiger partial charge in [-0.1, -0.05) is 42.0 Å². The van der Waals surface area contributed by atoms with Crippen LogP contribution in [-0.4, -0.2) is 33.1 Å². The van der Waals surface area contributed by atoms with E-state index >= 15 is 0 Å². The van der Waals surface area contributed by atoms with Gasteiger partial charge in [-0.05, 0) is 69.0 Å². The molecule has 0 bridgehead atoms. The van der Waals surface area contributed by atoms with Gasteiger partial charge in [-0.3, -0.25) is 9.69 Å². The van der Waals surface area contributed by atoms with E-state index in [0.29, 0.717) is 23.6 Å². The number of benzene rings is 2. The van der Waals surface area contributed by atoms with Gasteiger partial charge in [0.05, 0.1) is 11.9 Å². The highest BCUT2D eigenvalue weighted by Gasteiger charge is 2.22. The number of rotatable bonds is 4. The van der Waals surface area contributed by atoms with Crippen molar-refractivity contribution in [3.63, 3.8) is 0 Å². The van der Waals surface area contributed by atoms with E-state index in [1.54, 1.807) is 23.5 Å². The van der Waals surface area contributed by atoms with Crippen molar-refractivity contribution in [2.75, 3.05) is 13.1 Å². The lowest BCUT2D eigenvalue weighted by Gasteiger charge is -2.31. The summed E-state index contributed by atoms with van der Waals surface area (Å²) in [6.45, 7) is 6.71. The Morgan fingerprint density at radius 2 is 1.75 bits per heavy atom. The van der Waals surface area contributed by atoms with E-state index in [1.165, 1.54) is 11.1 Å². The normalized spacial score (nSPS) is 15.4. The van der Waals surface area contributed by atoms with Crippen molar-refractivity contribution in [3.8, 4) is 16.9 Å². The van der Waals surface area contributed by atoms with Gasteiger partial charge in [0.25, 0.3) is 5.56 Å². The van der Waals surface area contributed by atoms with E-state index in [9.17, 15) is 9.90 Å². The van der Waals surface area contributed by atoms with Crippen LogP contribution in [0.15, 0.2) is 53.3 Å². The number of likely N-dealkylation sites (tertiary alicyclic amines) is 1. The Kier molecular flexibility index (Phi) is 5.57. The SMILES string of the molecule is Cc1ccc(-c2c(C)sc3nc(CN4CCC(c5ccc(O)cc5)CC4)[nH]c(=O)c23)cc1. The molecule has 32 heavy (non-hydrogen) atoms. The Labute approximate surface area is 191 Å². The van der Waals surface area contributed by atoms with E-state index in [0.717, 1.165) is 52.6 Å². The fraction of sp³-hybridized carbons (Fsp3) is 0.308. The molecule has 0 saturated carbocycles. The van der Waals surface area contributed by atoms with Gasteiger partial charge >= 0.3 is 0 Å². The molecule has 0 spiro atoms. The first-order chi connectivity index (χ1) is 15.5. The highest BCUT2D eigenvalue weighted by atomic mass is 32.1. The minimum atomic E-state index is -0.0519. The molecular weight excluding hydrogens is 418 g/mol. The van der Waals surface area contributed by atoms with E-state index < -0.39 is 0 Å². The second kappa shape index (κ2) is 8.52. The molecule has 0 unspecified atom stereocenters. The number of fused-ring (bicyclic) bond motifs is 1. The van der Waals surface area contributed by atoms with Crippen molar-refractivity contribution < 1.29 is 5.11 Å². The maximum absolute atomic E-state index is 13.1. The molecule has 1 fully saturated rings. The van der Waals surface area contributed by atoms with Gasteiger partial charge in [-0.25, -0.2) is 4.98 Å². The number of hydrogen-bond donors (Lipinski definition) is 2. The molecule has 6 heteroatoms. The zero-order valence-corrected chi connectivity index (χ0v) is 19.2. The number of H-pyrrole nitrogens is 1. The van der Waals surface area contributed by atoms with Crippen LogP contribution in [-0.2, 0) is 6.54 Å². The number of nitrogens with zero attached hydrogens (tertiary/aromatic N) is 2. The maximum atomic E-state index is 13.1. The van der Waals surface area contributed by atoms with Crippen molar-refractivity contribution in [2.45, 2.75) is 39.2 Å². The third-order valence-corrected chi connectivity index (χ3v) is 7.45. The van der Waals surface area contributed by atoms with E-state index in [-0.39, 0.29) is 5.56 Å². The number of aromatic amines is 1. The Balaban J connectivity index is 1.34. The van der Waals surface area contributed by atoms with Crippen molar-refractivity contribution in [1.29, 1.82) is 0 Å². The number of aromatic hydroxyl groups is 1. The van der Waals surface area contributed by atoms with Crippen molar-refractivity contribution in [2.24, 2.45) is 0 Å². The monoisotopic (exact) mass is 445 g/mol. The first kappa shape index (κ1) is 20.9. The van der Waals surface area contributed by atoms with Gasteiger partial charge in [-0.2, -0.15) is 0 Å². The fourth-order valence-corrected chi connectivity index (χ4v) is 5.75. The van der Waals surface area contributed by atoms with Crippen LogP contribution in [0.5, 0.6) is 5.75 Å². The topological polar surface area (TPSA) is 69.2 Å². The van der Waals surface area contributed by atoms with E-state index in [1.807, 2.05) is 12.1 Å². The molecule has 0 amide bonds. The largest absolute Gasteiger partial charge is 0.508 e. The molecule has 3 heterocycles. The van der Waals surface area contributed by atoms with Crippen LogP contribution < -0.4 is 5.56 Å². The van der Waals surface area contributed by atoms with Gasteiger partial charge in [0, 0.05) is 10.4 Å². The number of phenols is 1. The summed E-state index contributed by atoms with van der Waals surface area (Å²) in [6, 6.07) is 15.9.